The van der Waals surface area contributed by atoms with Gasteiger partial charge in [-0.05, 0) is 101 Å². The fourth-order valence-electron chi connectivity index (χ4n) is 5.41. The number of methoxy groups -OCH3 is 1. The van der Waals surface area contributed by atoms with E-state index in [-0.39, 0.29) is 28.7 Å². The molecule has 0 amide bonds. The molecule has 5 aromatic carbocycles. The number of benzene rings is 5. The zero-order chi connectivity index (χ0) is 29.6. The number of ether oxygens (including phenoxy) is 1. The van der Waals surface area contributed by atoms with Crippen LogP contribution in [-0.2, 0) is 32.1 Å². The predicted octanol–water partition coefficient (Wildman–Crippen LogP) is 6.78. The summed E-state index contributed by atoms with van der Waals surface area (Å²) in [5.74, 6) is 1.46. The molecule has 5 N–H and O–H groups in total. The molecular formula is C36H34O6. The Hall–Kier alpha value is -5.10. The fraction of sp³-hybridized carbons (Fsp3) is 0.167. The van der Waals surface area contributed by atoms with Crippen LogP contribution in [0, 0.1) is 0 Å². The molecule has 0 heterocycles. The first-order chi connectivity index (χ1) is 20.3. The van der Waals surface area contributed by atoms with Crippen LogP contribution in [0.15, 0.2) is 97.1 Å². The lowest BCUT2D eigenvalue weighted by Crippen LogP contribution is -2.08. The second-order valence-corrected chi connectivity index (χ2v) is 10.5. The second-order valence-electron chi connectivity index (χ2n) is 10.5. The van der Waals surface area contributed by atoms with Crippen molar-refractivity contribution in [2.24, 2.45) is 0 Å². The Morgan fingerprint density at radius 1 is 0.452 bits per heavy atom. The van der Waals surface area contributed by atoms with E-state index in [0.29, 0.717) is 37.9 Å². The standard InChI is InChI=1S/C36H34O6/c1-42-36-22-35(41)33(19-24-4-12-29(38)13-5-24)32(34(36)20-25-6-14-30(39)15-7-25)17-9-27-21-31(40)16-8-26(27)18-23-2-10-28(37)11-3-23/h2-8,10-16,21-22,37-41H,9,17-20H2,1H3. The van der Waals surface area contributed by atoms with Gasteiger partial charge in [-0.25, -0.2) is 0 Å². The van der Waals surface area contributed by atoms with Crippen molar-refractivity contribution < 1.29 is 30.3 Å². The quantitative estimate of drug-likeness (QED) is 0.128. The molecule has 0 saturated carbocycles. The third-order valence-corrected chi connectivity index (χ3v) is 7.62. The second kappa shape index (κ2) is 12.6. The molecule has 0 fully saturated rings. The molecule has 0 unspecified atom stereocenters. The fourth-order valence-corrected chi connectivity index (χ4v) is 5.41. The van der Waals surface area contributed by atoms with E-state index in [4.69, 9.17) is 4.74 Å². The maximum absolute atomic E-state index is 11.2. The Morgan fingerprint density at radius 2 is 0.929 bits per heavy atom. The third kappa shape index (κ3) is 6.78. The van der Waals surface area contributed by atoms with Crippen molar-refractivity contribution in [2.45, 2.75) is 32.1 Å². The number of aryl methyl sites for hydroxylation is 1. The van der Waals surface area contributed by atoms with Crippen LogP contribution in [0.1, 0.15) is 44.5 Å². The van der Waals surface area contributed by atoms with Crippen molar-refractivity contribution in [2.75, 3.05) is 7.11 Å². The van der Waals surface area contributed by atoms with E-state index < -0.39 is 0 Å². The van der Waals surface area contributed by atoms with E-state index in [1.54, 1.807) is 61.7 Å². The molecule has 42 heavy (non-hydrogen) atoms. The molecule has 6 heteroatoms. The monoisotopic (exact) mass is 562 g/mol. The lowest BCUT2D eigenvalue weighted by molar-refractivity contribution is 0.401. The minimum absolute atomic E-state index is 0.129. The average Bonchev–Trinajstić information content (AvgIpc) is 2.98. The van der Waals surface area contributed by atoms with Crippen LogP contribution < -0.4 is 4.74 Å². The SMILES string of the molecule is COc1cc(O)c(Cc2ccc(O)cc2)c(CCc2cc(O)ccc2Cc2ccc(O)cc2)c1Cc1ccc(O)cc1. The summed E-state index contributed by atoms with van der Waals surface area (Å²) in [5.41, 5.74) is 7.68. The van der Waals surface area contributed by atoms with Crippen molar-refractivity contribution in [1.82, 2.24) is 0 Å². The van der Waals surface area contributed by atoms with Gasteiger partial charge in [-0.15, -0.1) is 0 Å². The summed E-state index contributed by atoms with van der Waals surface area (Å²) in [6, 6.07) is 28.2. The summed E-state index contributed by atoms with van der Waals surface area (Å²) < 4.78 is 5.76. The first-order valence-corrected chi connectivity index (χ1v) is 13.8. The molecule has 0 bridgehead atoms. The van der Waals surface area contributed by atoms with Gasteiger partial charge in [0.05, 0.1) is 7.11 Å². The van der Waals surface area contributed by atoms with E-state index >= 15 is 0 Å². The molecule has 0 radical (unpaired) electrons. The summed E-state index contributed by atoms with van der Waals surface area (Å²) in [5, 5.41) is 50.9. The van der Waals surface area contributed by atoms with E-state index in [2.05, 4.69) is 0 Å². The maximum atomic E-state index is 11.2. The molecule has 6 nitrogen and oxygen atoms in total. The lowest BCUT2D eigenvalue weighted by atomic mass is 9.86. The molecule has 0 atom stereocenters. The molecule has 0 aliphatic rings. The number of hydrogen-bond donors (Lipinski definition) is 5. The minimum atomic E-state index is 0.129. The Labute approximate surface area is 245 Å². The predicted molar refractivity (Wildman–Crippen MR) is 163 cm³/mol. The Morgan fingerprint density at radius 3 is 1.45 bits per heavy atom. The van der Waals surface area contributed by atoms with Crippen LogP contribution in [-0.4, -0.2) is 32.6 Å². The summed E-state index contributed by atoms with van der Waals surface area (Å²) in [6.07, 6.45) is 2.79. The largest absolute Gasteiger partial charge is 0.508 e. The number of phenols is 5. The normalized spacial score (nSPS) is 11.0. The summed E-state index contributed by atoms with van der Waals surface area (Å²) in [6.45, 7) is 0. The molecule has 0 aliphatic carbocycles. The van der Waals surface area contributed by atoms with Gasteiger partial charge in [0, 0.05) is 30.0 Å². The van der Waals surface area contributed by atoms with E-state index in [1.807, 2.05) is 42.5 Å². The minimum Gasteiger partial charge on any atom is -0.508 e. The molecule has 0 aliphatic heterocycles. The highest BCUT2D eigenvalue weighted by atomic mass is 16.5. The van der Waals surface area contributed by atoms with Crippen LogP contribution in [0.25, 0.3) is 0 Å². The number of hydrogen-bond acceptors (Lipinski definition) is 6. The van der Waals surface area contributed by atoms with Crippen molar-refractivity contribution in [3.8, 4) is 34.5 Å². The van der Waals surface area contributed by atoms with E-state index in [1.165, 1.54) is 0 Å². The number of rotatable bonds is 10. The van der Waals surface area contributed by atoms with Crippen molar-refractivity contribution in [3.63, 3.8) is 0 Å². The van der Waals surface area contributed by atoms with Gasteiger partial charge < -0.3 is 30.3 Å². The van der Waals surface area contributed by atoms with Crippen LogP contribution in [0.4, 0.5) is 0 Å². The molecule has 0 aromatic heterocycles. The highest BCUT2D eigenvalue weighted by Crippen LogP contribution is 2.37. The smallest absolute Gasteiger partial charge is 0.126 e. The summed E-state index contributed by atoms with van der Waals surface area (Å²) in [4.78, 5) is 0. The topological polar surface area (TPSA) is 110 Å². The van der Waals surface area contributed by atoms with E-state index in [9.17, 15) is 25.5 Å². The van der Waals surface area contributed by atoms with Gasteiger partial charge in [-0.1, -0.05) is 42.5 Å². The zero-order valence-electron chi connectivity index (χ0n) is 23.4. The van der Waals surface area contributed by atoms with Crippen molar-refractivity contribution in [1.29, 1.82) is 0 Å². The summed E-state index contributed by atoms with van der Waals surface area (Å²) >= 11 is 0. The van der Waals surface area contributed by atoms with Gasteiger partial charge in [-0.3, -0.25) is 0 Å². The highest BCUT2D eigenvalue weighted by molar-refractivity contribution is 5.56. The van der Waals surface area contributed by atoms with Gasteiger partial charge >= 0.3 is 0 Å². The van der Waals surface area contributed by atoms with Gasteiger partial charge in [0.2, 0.25) is 0 Å². The van der Waals surface area contributed by atoms with Gasteiger partial charge in [0.15, 0.2) is 0 Å². The molecule has 0 saturated heterocycles. The highest BCUT2D eigenvalue weighted by Gasteiger charge is 2.20. The van der Waals surface area contributed by atoms with Crippen LogP contribution in [0.2, 0.25) is 0 Å². The number of aromatic hydroxyl groups is 5. The van der Waals surface area contributed by atoms with Gasteiger partial charge in [-0.2, -0.15) is 0 Å². The van der Waals surface area contributed by atoms with E-state index in [0.717, 1.165) is 44.5 Å². The average molecular weight is 563 g/mol. The zero-order valence-corrected chi connectivity index (χ0v) is 23.4. The van der Waals surface area contributed by atoms with Crippen LogP contribution in [0.3, 0.4) is 0 Å². The summed E-state index contributed by atoms with van der Waals surface area (Å²) in [7, 11) is 1.59. The molecule has 5 aromatic rings. The molecule has 0 spiro atoms. The maximum Gasteiger partial charge on any atom is 0.126 e. The first-order valence-electron chi connectivity index (χ1n) is 13.8. The lowest BCUT2D eigenvalue weighted by Gasteiger charge is -2.21. The molecular weight excluding hydrogens is 528 g/mol. The Bertz CT molecular complexity index is 1660. The van der Waals surface area contributed by atoms with Crippen molar-refractivity contribution in [3.05, 3.63) is 142 Å². The number of phenolic OH excluding ortho intramolecular Hbond substituents is 5. The third-order valence-electron chi connectivity index (χ3n) is 7.62. The van der Waals surface area contributed by atoms with Crippen molar-refractivity contribution >= 4 is 0 Å². The Kier molecular flexibility index (Phi) is 8.53. The molecule has 214 valence electrons. The molecule has 5 rings (SSSR count). The Balaban J connectivity index is 1.56. The van der Waals surface area contributed by atoms with Gasteiger partial charge in [0.25, 0.3) is 0 Å². The van der Waals surface area contributed by atoms with Gasteiger partial charge in [0.1, 0.15) is 34.5 Å². The first kappa shape index (κ1) is 28.4. The van der Waals surface area contributed by atoms with Crippen LogP contribution in [0.5, 0.6) is 34.5 Å². The van der Waals surface area contributed by atoms with Crippen LogP contribution >= 0.6 is 0 Å².